The molecule has 34 heavy (non-hydrogen) atoms. The number of carboxylic acid groups (broad SMARTS) is 1. The van der Waals surface area contributed by atoms with Crippen molar-refractivity contribution < 1.29 is 18.7 Å². The smallest absolute Gasteiger partial charge is 0.290 e. The second kappa shape index (κ2) is 12.1. The Bertz CT molecular complexity index is 1070. The maximum absolute atomic E-state index is 12.9. The Labute approximate surface area is 197 Å². The number of anilines is 2. The van der Waals surface area contributed by atoms with Crippen LogP contribution >= 0.6 is 0 Å². The lowest BCUT2D eigenvalue weighted by atomic mass is 9.80. The summed E-state index contributed by atoms with van der Waals surface area (Å²) >= 11 is 0. The van der Waals surface area contributed by atoms with Gasteiger partial charge in [0.25, 0.3) is 12.9 Å². The molecule has 0 spiro atoms. The zero-order chi connectivity index (χ0) is 24.5. The minimum atomic E-state index is -2.64. The molecule has 2 aromatic heterocycles. The molecule has 0 aliphatic heterocycles. The van der Waals surface area contributed by atoms with Crippen molar-refractivity contribution in [1.82, 2.24) is 19.9 Å². The van der Waals surface area contributed by atoms with Crippen molar-refractivity contribution in [2.75, 3.05) is 5.32 Å². The van der Waals surface area contributed by atoms with Crippen LogP contribution in [0.15, 0.2) is 42.9 Å². The van der Waals surface area contributed by atoms with E-state index in [9.17, 15) is 8.78 Å². The molecule has 1 atom stereocenters. The Morgan fingerprint density at radius 2 is 1.74 bits per heavy atom. The van der Waals surface area contributed by atoms with Gasteiger partial charge < -0.3 is 10.4 Å². The zero-order valence-electron chi connectivity index (χ0n) is 19.3. The summed E-state index contributed by atoms with van der Waals surface area (Å²) in [4.78, 5) is 25.6. The molecular weight excluding hydrogens is 440 g/mol. The zero-order valence-corrected chi connectivity index (χ0v) is 19.3. The normalized spacial score (nSPS) is 14.7. The maximum atomic E-state index is 12.9. The van der Waals surface area contributed by atoms with Gasteiger partial charge in [0.2, 0.25) is 5.95 Å². The summed E-state index contributed by atoms with van der Waals surface area (Å²) in [5, 5.41) is 9.92. The van der Waals surface area contributed by atoms with Gasteiger partial charge in [0.05, 0.1) is 0 Å². The largest absolute Gasteiger partial charge is 0.483 e. The summed E-state index contributed by atoms with van der Waals surface area (Å²) < 4.78 is 25.8. The Morgan fingerprint density at radius 1 is 1.06 bits per heavy atom. The number of benzene rings is 1. The molecule has 180 valence electrons. The highest BCUT2D eigenvalue weighted by Gasteiger charge is 2.23. The van der Waals surface area contributed by atoms with Crippen LogP contribution in [0.5, 0.6) is 0 Å². The molecular formula is C25H29F2N5O2. The molecule has 1 aliphatic rings. The Balaban J connectivity index is 0.00000103. The summed E-state index contributed by atoms with van der Waals surface area (Å²) in [5.74, 6) is 2.07. The molecule has 0 radical (unpaired) electrons. The molecule has 9 heteroatoms. The predicted octanol–water partition coefficient (Wildman–Crippen LogP) is 6.31. The molecule has 2 N–H and O–H groups in total. The highest BCUT2D eigenvalue weighted by molar-refractivity contribution is 5.70. The number of hydrogen-bond donors (Lipinski definition) is 2. The van der Waals surface area contributed by atoms with Crippen LogP contribution < -0.4 is 5.32 Å². The number of carbonyl (C=O) groups is 1. The monoisotopic (exact) mass is 469 g/mol. The van der Waals surface area contributed by atoms with E-state index in [0.29, 0.717) is 11.8 Å². The van der Waals surface area contributed by atoms with Crippen LogP contribution in [-0.4, -0.2) is 31.5 Å². The van der Waals surface area contributed by atoms with E-state index < -0.39 is 6.43 Å². The molecule has 3 aromatic rings. The van der Waals surface area contributed by atoms with E-state index in [1.165, 1.54) is 44.4 Å². The number of halogens is 2. The van der Waals surface area contributed by atoms with Gasteiger partial charge >= 0.3 is 0 Å². The summed E-state index contributed by atoms with van der Waals surface area (Å²) in [6, 6.07) is 7.10. The van der Waals surface area contributed by atoms with Crippen molar-refractivity contribution in [3.63, 3.8) is 0 Å². The molecule has 1 unspecified atom stereocenters. The van der Waals surface area contributed by atoms with Crippen LogP contribution in [0.3, 0.4) is 0 Å². The number of hydrogen-bond acceptors (Lipinski definition) is 6. The number of aryl methyl sites for hydroxylation is 1. The molecule has 0 bridgehead atoms. The third-order valence-corrected chi connectivity index (χ3v) is 6.00. The third-order valence-electron chi connectivity index (χ3n) is 6.00. The van der Waals surface area contributed by atoms with Gasteiger partial charge in [-0.05, 0) is 55.0 Å². The molecule has 1 aromatic carbocycles. The predicted molar refractivity (Wildman–Crippen MR) is 126 cm³/mol. The molecule has 1 aliphatic carbocycles. The van der Waals surface area contributed by atoms with Crippen LogP contribution in [0.2, 0.25) is 0 Å². The summed E-state index contributed by atoms with van der Waals surface area (Å²) in [7, 11) is 0. The first kappa shape index (κ1) is 25.1. The lowest BCUT2D eigenvalue weighted by Gasteiger charge is -2.26. The Morgan fingerprint density at radius 3 is 2.38 bits per heavy atom. The molecule has 7 nitrogen and oxygen atoms in total. The van der Waals surface area contributed by atoms with E-state index in [1.807, 2.05) is 37.5 Å². The van der Waals surface area contributed by atoms with Crippen molar-refractivity contribution in [1.29, 1.82) is 0 Å². The van der Waals surface area contributed by atoms with E-state index in [4.69, 9.17) is 9.90 Å². The van der Waals surface area contributed by atoms with Crippen molar-refractivity contribution in [2.24, 2.45) is 5.92 Å². The van der Waals surface area contributed by atoms with Crippen LogP contribution in [0.1, 0.15) is 68.5 Å². The first-order valence-corrected chi connectivity index (χ1v) is 11.3. The summed E-state index contributed by atoms with van der Waals surface area (Å²) in [5.41, 5.74) is 3.30. The SMILES string of the molecule is Cc1cc(Nc2nccc(C(F)F)n2)cc(-c2cnc(C(C)C3CCCCC3)nc2)c1.O=CO. The van der Waals surface area contributed by atoms with E-state index in [2.05, 4.69) is 32.2 Å². The molecule has 2 heterocycles. The summed E-state index contributed by atoms with van der Waals surface area (Å²) in [6.45, 7) is 3.96. The van der Waals surface area contributed by atoms with Crippen LogP contribution in [0, 0.1) is 12.8 Å². The second-order valence-electron chi connectivity index (χ2n) is 8.44. The minimum Gasteiger partial charge on any atom is -0.483 e. The lowest BCUT2D eigenvalue weighted by molar-refractivity contribution is -0.122. The Hall–Kier alpha value is -3.49. The van der Waals surface area contributed by atoms with E-state index >= 15 is 0 Å². The lowest BCUT2D eigenvalue weighted by Crippen LogP contribution is -2.16. The summed E-state index contributed by atoms with van der Waals surface area (Å²) in [6.07, 6.45) is 8.89. The average molecular weight is 470 g/mol. The highest BCUT2D eigenvalue weighted by atomic mass is 19.3. The van der Waals surface area contributed by atoms with Crippen LogP contribution in [-0.2, 0) is 4.79 Å². The maximum Gasteiger partial charge on any atom is 0.290 e. The van der Waals surface area contributed by atoms with E-state index in [-0.39, 0.29) is 18.1 Å². The molecule has 1 saturated carbocycles. The number of rotatable bonds is 6. The molecule has 0 saturated heterocycles. The van der Waals surface area contributed by atoms with E-state index in [1.54, 1.807) is 0 Å². The van der Waals surface area contributed by atoms with Gasteiger partial charge in [-0.2, -0.15) is 0 Å². The fourth-order valence-electron chi connectivity index (χ4n) is 4.27. The number of aromatic nitrogens is 4. The van der Waals surface area contributed by atoms with Crippen molar-refractivity contribution in [2.45, 2.75) is 58.3 Å². The molecule has 0 amide bonds. The molecule has 4 rings (SSSR count). The standard InChI is InChI=1S/C24H27F2N5.CH2O2/c1-15-10-18(12-20(11-15)30-24-27-9-8-21(31-24)22(25)26)19-13-28-23(29-14-19)16(2)17-6-4-3-5-7-17;2-1-3/h8-14,16-17,22H,3-7H2,1-2H3,(H,27,30,31);1H,(H,2,3). The van der Waals surface area contributed by atoms with Crippen LogP contribution in [0.4, 0.5) is 20.4 Å². The van der Waals surface area contributed by atoms with Gasteiger partial charge in [0.15, 0.2) is 0 Å². The fraction of sp³-hybridized carbons (Fsp3) is 0.400. The van der Waals surface area contributed by atoms with Crippen molar-refractivity contribution >= 4 is 18.1 Å². The number of nitrogens with zero attached hydrogens (tertiary/aromatic N) is 4. The molecule has 1 fully saturated rings. The van der Waals surface area contributed by atoms with Crippen LogP contribution in [0.25, 0.3) is 11.1 Å². The van der Waals surface area contributed by atoms with Gasteiger partial charge in [-0.25, -0.2) is 28.7 Å². The quantitative estimate of drug-likeness (QED) is 0.408. The highest BCUT2D eigenvalue weighted by Crippen LogP contribution is 2.34. The van der Waals surface area contributed by atoms with Gasteiger partial charge in [-0.3, -0.25) is 4.79 Å². The topological polar surface area (TPSA) is 101 Å². The minimum absolute atomic E-state index is 0.141. The number of alkyl halides is 2. The fourth-order valence-corrected chi connectivity index (χ4v) is 4.27. The first-order valence-electron chi connectivity index (χ1n) is 11.3. The number of nitrogens with one attached hydrogen (secondary N) is 1. The van der Waals surface area contributed by atoms with Gasteiger partial charge in [0.1, 0.15) is 11.5 Å². The van der Waals surface area contributed by atoms with Crippen molar-refractivity contribution in [3.05, 3.63) is 59.9 Å². The third kappa shape index (κ3) is 6.76. The van der Waals surface area contributed by atoms with Gasteiger partial charge in [-0.1, -0.05) is 32.3 Å². The average Bonchev–Trinajstić information content (AvgIpc) is 2.84. The van der Waals surface area contributed by atoms with Gasteiger partial charge in [0, 0.05) is 35.8 Å². The van der Waals surface area contributed by atoms with Gasteiger partial charge in [-0.15, -0.1) is 0 Å². The van der Waals surface area contributed by atoms with Crippen molar-refractivity contribution in [3.8, 4) is 11.1 Å². The first-order chi connectivity index (χ1) is 16.4. The van der Waals surface area contributed by atoms with E-state index in [0.717, 1.165) is 28.2 Å². The second-order valence-corrected chi connectivity index (χ2v) is 8.44. The Kier molecular flexibility index (Phi) is 8.95.